The van der Waals surface area contributed by atoms with Crippen LogP contribution in [-0.4, -0.2) is 22.2 Å². The predicted molar refractivity (Wildman–Crippen MR) is 69.7 cm³/mol. The Morgan fingerprint density at radius 1 is 1.12 bits per heavy atom. The van der Waals surface area contributed by atoms with Crippen LogP contribution in [0.15, 0.2) is 21.6 Å². The summed E-state index contributed by atoms with van der Waals surface area (Å²) in [4.78, 5) is 11.9. The van der Waals surface area contributed by atoms with E-state index < -0.39 is 49.8 Å². The van der Waals surface area contributed by atoms with E-state index in [1.54, 1.807) is 0 Å². The van der Waals surface area contributed by atoms with Crippen molar-refractivity contribution in [1.29, 1.82) is 0 Å². The summed E-state index contributed by atoms with van der Waals surface area (Å²) in [6.07, 6.45) is -11.2. The van der Waals surface area contributed by atoms with Gasteiger partial charge in [0.05, 0.1) is 15.0 Å². The number of rotatable bonds is 3. The fraction of sp³-hybridized carbons (Fsp3) is 0.300. The van der Waals surface area contributed by atoms with Gasteiger partial charge >= 0.3 is 18.3 Å². The Labute approximate surface area is 140 Å². The summed E-state index contributed by atoms with van der Waals surface area (Å²) < 4.78 is 99.3. The molecule has 0 N–H and O–H groups in total. The number of nitro groups is 1. The standard InChI is InChI=1S/C10H2BrClF8N2O2/c11-4-1-3(9(15,16)17)2-5(22(23)24)6(4)21-7(12)8(13,14)10(18,19)20/h1-2H. The third-order valence-electron chi connectivity index (χ3n) is 2.39. The molecule has 0 aliphatic rings. The van der Waals surface area contributed by atoms with Gasteiger partial charge < -0.3 is 0 Å². The summed E-state index contributed by atoms with van der Waals surface area (Å²) in [6, 6.07) is 0.154. The second-order valence-corrected chi connectivity index (χ2v) is 5.27. The number of benzene rings is 1. The molecule has 0 amide bonds. The zero-order valence-electron chi connectivity index (χ0n) is 10.6. The molecule has 134 valence electrons. The monoisotopic (exact) mass is 448 g/mol. The van der Waals surface area contributed by atoms with Crippen molar-refractivity contribution in [2.75, 3.05) is 0 Å². The quantitative estimate of drug-likeness (QED) is 0.252. The summed E-state index contributed by atoms with van der Waals surface area (Å²) in [5.74, 6) is -5.65. The molecule has 24 heavy (non-hydrogen) atoms. The molecular weight excluding hydrogens is 447 g/mol. The van der Waals surface area contributed by atoms with Gasteiger partial charge in [-0.05, 0) is 22.0 Å². The lowest BCUT2D eigenvalue weighted by Gasteiger charge is -2.17. The zero-order chi connectivity index (χ0) is 19.1. The lowest BCUT2D eigenvalue weighted by atomic mass is 10.1. The first-order valence-electron chi connectivity index (χ1n) is 5.33. The molecule has 1 aromatic rings. The van der Waals surface area contributed by atoms with Gasteiger partial charge in [0.15, 0.2) is 10.9 Å². The molecule has 0 aliphatic heterocycles. The number of aliphatic imine (C=N–C) groups is 1. The van der Waals surface area contributed by atoms with Gasteiger partial charge in [0, 0.05) is 6.07 Å². The molecule has 0 saturated heterocycles. The summed E-state index contributed by atoms with van der Waals surface area (Å²) in [6.45, 7) is 0. The van der Waals surface area contributed by atoms with Crippen LogP contribution in [-0.2, 0) is 6.18 Å². The van der Waals surface area contributed by atoms with Crippen LogP contribution >= 0.6 is 27.5 Å². The summed E-state index contributed by atoms with van der Waals surface area (Å²) in [5, 5.41) is 8.39. The number of nitro benzene ring substituents is 1. The molecule has 0 fully saturated rings. The van der Waals surface area contributed by atoms with Gasteiger partial charge in [-0.1, -0.05) is 11.6 Å². The molecule has 0 atom stereocenters. The number of nitrogens with zero attached hydrogens (tertiary/aromatic N) is 2. The van der Waals surface area contributed by atoms with E-state index in [1.165, 1.54) is 0 Å². The Hall–Kier alpha value is -1.50. The lowest BCUT2D eigenvalue weighted by molar-refractivity contribution is -0.384. The minimum Gasteiger partial charge on any atom is -0.258 e. The maximum atomic E-state index is 13.0. The highest BCUT2D eigenvalue weighted by Crippen LogP contribution is 2.44. The summed E-state index contributed by atoms with van der Waals surface area (Å²) >= 11 is 7.19. The second-order valence-electron chi connectivity index (χ2n) is 4.06. The maximum absolute atomic E-state index is 13.0. The minimum absolute atomic E-state index is 0.0699. The third kappa shape index (κ3) is 4.12. The van der Waals surface area contributed by atoms with Crippen molar-refractivity contribution in [2.24, 2.45) is 4.99 Å². The highest BCUT2D eigenvalue weighted by Gasteiger charge is 2.61. The van der Waals surface area contributed by atoms with Gasteiger partial charge in [-0.25, -0.2) is 4.99 Å². The topological polar surface area (TPSA) is 55.5 Å². The van der Waals surface area contributed by atoms with Gasteiger partial charge in [-0.3, -0.25) is 10.1 Å². The largest absolute Gasteiger partial charge is 0.460 e. The zero-order valence-corrected chi connectivity index (χ0v) is 13.0. The van der Waals surface area contributed by atoms with E-state index in [0.29, 0.717) is 0 Å². The van der Waals surface area contributed by atoms with Crippen LogP contribution in [0.1, 0.15) is 5.56 Å². The van der Waals surface area contributed by atoms with Crippen LogP contribution < -0.4 is 0 Å². The Morgan fingerprint density at radius 3 is 2.00 bits per heavy atom. The van der Waals surface area contributed by atoms with E-state index in [1.807, 2.05) is 0 Å². The first-order chi connectivity index (χ1) is 10.6. The molecule has 0 saturated carbocycles. The highest BCUT2D eigenvalue weighted by molar-refractivity contribution is 9.10. The summed E-state index contributed by atoms with van der Waals surface area (Å²) in [7, 11) is 0. The Balaban J connectivity index is 3.61. The van der Waals surface area contributed by atoms with Crippen LogP contribution in [0, 0.1) is 10.1 Å². The van der Waals surface area contributed by atoms with E-state index in [9.17, 15) is 45.2 Å². The lowest BCUT2D eigenvalue weighted by Crippen LogP contribution is -2.41. The van der Waals surface area contributed by atoms with Crippen LogP contribution in [0.25, 0.3) is 0 Å². The van der Waals surface area contributed by atoms with E-state index in [4.69, 9.17) is 11.6 Å². The van der Waals surface area contributed by atoms with Gasteiger partial charge in [0.1, 0.15) is 0 Å². The minimum atomic E-state index is -6.15. The number of hydrogen-bond donors (Lipinski definition) is 0. The van der Waals surface area contributed by atoms with Crippen LogP contribution in [0.2, 0.25) is 0 Å². The molecule has 0 heterocycles. The van der Waals surface area contributed by atoms with Crippen molar-refractivity contribution in [3.8, 4) is 0 Å². The highest BCUT2D eigenvalue weighted by atomic mass is 79.9. The predicted octanol–water partition coefficient (Wildman–Crippen LogP) is 5.84. The number of alkyl halides is 8. The average molecular weight is 449 g/mol. The fourth-order valence-electron chi connectivity index (χ4n) is 1.28. The molecule has 1 aromatic carbocycles. The van der Waals surface area contributed by atoms with Gasteiger partial charge in [-0.2, -0.15) is 35.1 Å². The maximum Gasteiger partial charge on any atom is 0.460 e. The molecule has 0 spiro atoms. The first kappa shape index (κ1) is 20.5. The second kappa shape index (κ2) is 6.43. The molecule has 0 radical (unpaired) electrons. The first-order valence-corrected chi connectivity index (χ1v) is 6.50. The van der Waals surface area contributed by atoms with Gasteiger partial charge in [0.25, 0.3) is 5.69 Å². The molecule has 0 bridgehead atoms. The van der Waals surface area contributed by atoms with E-state index in [0.717, 1.165) is 0 Å². The molecule has 0 unspecified atom stereocenters. The van der Waals surface area contributed by atoms with E-state index >= 15 is 0 Å². The molecule has 0 aromatic heterocycles. The van der Waals surface area contributed by atoms with Crippen molar-refractivity contribution >= 4 is 44.1 Å². The Bertz CT molecular complexity index is 701. The number of halogens is 10. The fourth-order valence-corrected chi connectivity index (χ4v) is 2.01. The third-order valence-corrected chi connectivity index (χ3v) is 3.32. The van der Waals surface area contributed by atoms with Crippen LogP contribution in [0.3, 0.4) is 0 Å². The van der Waals surface area contributed by atoms with Crippen LogP contribution in [0.5, 0.6) is 0 Å². The SMILES string of the molecule is O=[N+]([O-])c1cc(C(F)(F)F)cc(Br)c1N=C(Cl)C(F)(F)C(F)(F)F. The Morgan fingerprint density at radius 2 is 1.62 bits per heavy atom. The van der Waals surface area contributed by atoms with Crippen molar-refractivity contribution in [2.45, 2.75) is 18.3 Å². The van der Waals surface area contributed by atoms with Gasteiger partial charge in [-0.15, -0.1) is 0 Å². The van der Waals surface area contributed by atoms with Gasteiger partial charge in [0.2, 0.25) is 0 Å². The molecule has 4 nitrogen and oxygen atoms in total. The number of hydrogen-bond acceptors (Lipinski definition) is 3. The molecule has 14 heteroatoms. The average Bonchev–Trinajstić information content (AvgIpc) is 2.37. The molecule has 0 aliphatic carbocycles. The van der Waals surface area contributed by atoms with Crippen molar-refractivity contribution in [3.05, 3.63) is 32.3 Å². The molecule has 1 rings (SSSR count). The van der Waals surface area contributed by atoms with E-state index in [-0.39, 0.29) is 12.1 Å². The molecular formula is C10H2BrClF8N2O2. The van der Waals surface area contributed by atoms with Crippen molar-refractivity contribution in [3.63, 3.8) is 0 Å². The normalized spacial score (nSPS) is 14.0. The van der Waals surface area contributed by atoms with E-state index in [2.05, 4.69) is 20.9 Å². The van der Waals surface area contributed by atoms with Crippen LogP contribution in [0.4, 0.5) is 46.5 Å². The van der Waals surface area contributed by atoms with Crippen molar-refractivity contribution < 1.29 is 40.0 Å². The summed E-state index contributed by atoms with van der Waals surface area (Å²) in [5.41, 5.74) is -4.23. The Kier molecular flexibility index (Phi) is 5.50. The smallest absolute Gasteiger partial charge is 0.258 e. The van der Waals surface area contributed by atoms with Crippen molar-refractivity contribution in [1.82, 2.24) is 0 Å².